The third-order valence-corrected chi connectivity index (χ3v) is 4.19. The molecule has 4 aromatic rings. The van der Waals surface area contributed by atoms with Gasteiger partial charge in [0.1, 0.15) is 5.75 Å². The predicted molar refractivity (Wildman–Crippen MR) is 114 cm³/mol. The van der Waals surface area contributed by atoms with Crippen molar-refractivity contribution in [2.75, 3.05) is 10.6 Å². The van der Waals surface area contributed by atoms with Gasteiger partial charge in [0.15, 0.2) is 5.82 Å². The first-order chi connectivity index (χ1) is 14.5. The zero-order valence-electron chi connectivity index (χ0n) is 16.5. The number of anilines is 2. The third kappa shape index (κ3) is 4.79. The predicted octanol–water partition coefficient (Wildman–Crippen LogP) is 4.72. The molecule has 2 aromatic heterocycles. The zero-order chi connectivity index (χ0) is 20.9. The molecule has 2 heterocycles. The number of carbonyl (C=O) groups is 1. The molecule has 0 aliphatic carbocycles. The van der Waals surface area contributed by atoms with Crippen LogP contribution in [0.25, 0.3) is 5.82 Å². The number of hydrogen-bond donors (Lipinski definition) is 2. The van der Waals surface area contributed by atoms with Gasteiger partial charge in [0.2, 0.25) is 5.88 Å². The van der Waals surface area contributed by atoms with Crippen LogP contribution in [-0.4, -0.2) is 26.0 Å². The number of benzene rings is 2. The molecule has 2 N–H and O–H groups in total. The largest absolute Gasteiger partial charge is 0.438 e. The van der Waals surface area contributed by atoms with Crippen LogP contribution in [0.3, 0.4) is 0 Å². The average Bonchev–Trinajstić information content (AvgIpc) is 3.16. The molecule has 4 rings (SSSR count). The van der Waals surface area contributed by atoms with Crippen LogP contribution < -0.4 is 15.4 Å². The number of amides is 2. The van der Waals surface area contributed by atoms with Crippen LogP contribution in [0, 0.1) is 13.8 Å². The lowest BCUT2D eigenvalue weighted by Crippen LogP contribution is -2.19. The Balaban J connectivity index is 1.34. The minimum Gasteiger partial charge on any atom is -0.438 e. The number of hydrogen-bond acceptors (Lipinski definition) is 5. The molecule has 150 valence electrons. The molecule has 2 amide bonds. The van der Waals surface area contributed by atoms with Gasteiger partial charge < -0.3 is 15.4 Å². The van der Waals surface area contributed by atoms with E-state index in [1.807, 2.05) is 50.4 Å². The second kappa shape index (κ2) is 8.44. The van der Waals surface area contributed by atoms with E-state index < -0.39 is 0 Å². The second-order valence-electron chi connectivity index (χ2n) is 6.71. The van der Waals surface area contributed by atoms with Crippen molar-refractivity contribution in [2.24, 2.45) is 0 Å². The third-order valence-electron chi connectivity index (χ3n) is 4.19. The van der Waals surface area contributed by atoms with E-state index in [0.29, 0.717) is 23.1 Å². The van der Waals surface area contributed by atoms with E-state index in [4.69, 9.17) is 4.74 Å². The quantitative estimate of drug-likeness (QED) is 0.506. The maximum Gasteiger partial charge on any atom is 0.323 e. The van der Waals surface area contributed by atoms with Crippen LogP contribution in [0.4, 0.5) is 16.2 Å². The summed E-state index contributed by atoms with van der Waals surface area (Å²) in [4.78, 5) is 12.1. The van der Waals surface area contributed by atoms with Crippen LogP contribution in [0.15, 0.2) is 72.9 Å². The zero-order valence-corrected chi connectivity index (χ0v) is 16.5. The molecule has 0 radical (unpaired) electrons. The van der Waals surface area contributed by atoms with Crippen molar-refractivity contribution < 1.29 is 9.53 Å². The molecule has 0 saturated heterocycles. The minimum atomic E-state index is -0.315. The van der Waals surface area contributed by atoms with Gasteiger partial charge in [-0.1, -0.05) is 12.1 Å². The summed E-state index contributed by atoms with van der Waals surface area (Å²) >= 11 is 0. The van der Waals surface area contributed by atoms with Gasteiger partial charge in [-0.3, -0.25) is 0 Å². The summed E-state index contributed by atoms with van der Waals surface area (Å²) < 4.78 is 7.36. The highest BCUT2D eigenvalue weighted by Crippen LogP contribution is 2.21. The van der Waals surface area contributed by atoms with Crippen LogP contribution in [-0.2, 0) is 0 Å². The average molecular weight is 400 g/mol. The lowest BCUT2D eigenvalue weighted by Gasteiger charge is -2.09. The fraction of sp³-hybridized carbons (Fsp3) is 0.0909. The first kappa shape index (κ1) is 19.1. The lowest BCUT2D eigenvalue weighted by molar-refractivity contribution is 0.262. The highest BCUT2D eigenvalue weighted by molar-refractivity contribution is 5.99. The van der Waals surface area contributed by atoms with Crippen molar-refractivity contribution in [3.63, 3.8) is 0 Å². The van der Waals surface area contributed by atoms with E-state index in [2.05, 4.69) is 25.9 Å². The summed E-state index contributed by atoms with van der Waals surface area (Å²) in [5.74, 6) is 1.55. The normalized spacial score (nSPS) is 10.5. The highest BCUT2D eigenvalue weighted by atomic mass is 16.5. The number of carbonyl (C=O) groups excluding carboxylic acids is 1. The van der Waals surface area contributed by atoms with Crippen molar-refractivity contribution >= 4 is 17.4 Å². The molecule has 0 unspecified atom stereocenters. The number of rotatable bonds is 5. The van der Waals surface area contributed by atoms with Crippen LogP contribution in [0.2, 0.25) is 0 Å². The van der Waals surface area contributed by atoms with Gasteiger partial charge in [-0.25, -0.2) is 9.48 Å². The van der Waals surface area contributed by atoms with E-state index in [9.17, 15) is 4.79 Å². The minimum absolute atomic E-state index is 0.315. The molecule has 8 heteroatoms. The number of nitrogens with zero attached hydrogens (tertiary/aromatic N) is 4. The summed E-state index contributed by atoms with van der Waals surface area (Å²) in [7, 11) is 0. The van der Waals surface area contributed by atoms with Gasteiger partial charge in [0.05, 0.1) is 5.69 Å². The Kier molecular flexibility index (Phi) is 5.38. The fourth-order valence-corrected chi connectivity index (χ4v) is 2.78. The molecule has 0 fully saturated rings. The molecule has 0 saturated carbocycles. The van der Waals surface area contributed by atoms with Crippen molar-refractivity contribution in [1.29, 1.82) is 0 Å². The lowest BCUT2D eigenvalue weighted by atomic mass is 10.2. The molecule has 0 atom stereocenters. The van der Waals surface area contributed by atoms with Gasteiger partial charge in [0, 0.05) is 23.6 Å². The Hall–Kier alpha value is -4.20. The first-order valence-electron chi connectivity index (χ1n) is 9.34. The highest BCUT2D eigenvalue weighted by Gasteiger charge is 2.06. The van der Waals surface area contributed by atoms with Crippen molar-refractivity contribution in [3.05, 3.63) is 84.2 Å². The Labute approximate surface area is 173 Å². The molecule has 8 nitrogen and oxygen atoms in total. The molecular weight excluding hydrogens is 380 g/mol. The summed E-state index contributed by atoms with van der Waals surface area (Å²) in [6.07, 6.45) is 1.82. The van der Waals surface area contributed by atoms with E-state index in [0.717, 1.165) is 16.9 Å². The summed E-state index contributed by atoms with van der Waals surface area (Å²) in [5.41, 5.74) is 3.35. The summed E-state index contributed by atoms with van der Waals surface area (Å²) in [6, 6.07) is 19.7. The van der Waals surface area contributed by atoms with Gasteiger partial charge in [0.25, 0.3) is 0 Å². The topological polar surface area (TPSA) is 94.0 Å². The molecule has 0 aliphatic rings. The molecule has 0 aliphatic heterocycles. The van der Waals surface area contributed by atoms with Gasteiger partial charge in [-0.15, -0.1) is 10.2 Å². The van der Waals surface area contributed by atoms with E-state index in [-0.39, 0.29) is 6.03 Å². The van der Waals surface area contributed by atoms with Crippen LogP contribution in [0.5, 0.6) is 11.6 Å². The second-order valence-corrected chi connectivity index (χ2v) is 6.71. The Morgan fingerprint density at radius 2 is 1.70 bits per heavy atom. The molecule has 0 bridgehead atoms. The molecular formula is C22H20N6O2. The monoisotopic (exact) mass is 400 g/mol. The standard InChI is InChI=1S/C22H20N6O2/c1-15-4-3-5-18(14-15)24-22(29)23-17-6-8-19(9-7-17)30-21-11-10-20(25-26-21)28-13-12-16(2)27-28/h3-14H,1-2H3,(H2,23,24,29). The molecule has 0 spiro atoms. The van der Waals surface area contributed by atoms with Crippen molar-refractivity contribution in [2.45, 2.75) is 13.8 Å². The SMILES string of the molecule is Cc1cccc(NC(=O)Nc2ccc(Oc3ccc(-n4ccc(C)n4)nn3)cc2)c1. The number of aromatic nitrogens is 4. The van der Waals surface area contributed by atoms with Gasteiger partial charge in [-0.05, 0) is 67.9 Å². The van der Waals surface area contributed by atoms with E-state index in [1.54, 1.807) is 41.1 Å². The summed E-state index contributed by atoms with van der Waals surface area (Å²) in [5, 5.41) is 18.1. The molecule has 2 aromatic carbocycles. The maximum atomic E-state index is 12.1. The fourth-order valence-electron chi connectivity index (χ4n) is 2.78. The number of aryl methyl sites for hydroxylation is 2. The van der Waals surface area contributed by atoms with Gasteiger partial charge >= 0.3 is 6.03 Å². The number of ether oxygens (including phenoxy) is 1. The summed E-state index contributed by atoms with van der Waals surface area (Å²) in [6.45, 7) is 3.88. The van der Waals surface area contributed by atoms with Gasteiger partial charge in [-0.2, -0.15) is 5.10 Å². The van der Waals surface area contributed by atoms with Crippen molar-refractivity contribution in [1.82, 2.24) is 20.0 Å². The Morgan fingerprint density at radius 1 is 0.900 bits per heavy atom. The smallest absolute Gasteiger partial charge is 0.323 e. The Bertz CT molecular complexity index is 1150. The first-order valence-corrected chi connectivity index (χ1v) is 9.34. The van der Waals surface area contributed by atoms with E-state index in [1.165, 1.54) is 0 Å². The Morgan fingerprint density at radius 3 is 2.37 bits per heavy atom. The van der Waals surface area contributed by atoms with Crippen LogP contribution in [0.1, 0.15) is 11.3 Å². The number of urea groups is 1. The van der Waals surface area contributed by atoms with Crippen molar-refractivity contribution in [3.8, 4) is 17.4 Å². The maximum absolute atomic E-state index is 12.1. The molecule has 30 heavy (non-hydrogen) atoms. The number of nitrogens with one attached hydrogen (secondary N) is 2. The van der Waals surface area contributed by atoms with E-state index >= 15 is 0 Å². The van der Waals surface area contributed by atoms with Crippen LogP contribution >= 0.6 is 0 Å².